The van der Waals surface area contributed by atoms with Crippen LogP contribution in [0.25, 0.3) is 11.0 Å². The minimum Gasteiger partial charge on any atom is -0.323 e. The summed E-state index contributed by atoms with van der Waals surface area (Å²) in [6.07, 6.45) is 4.78. The fraction of sp³-hybridized carbons (Fsp3) is 0.250. The number of nitrogens with zero attached hydrogens (tertiary/aromatic N) is 3. The van der Waals surface area contributed by atoms with E-state index in [9.17, 15) is 0 Å². The molecule has 2 atom stereocenters. The highest BCUT2D eigenvalue weighted by molar-refractivity contribution is 6.16. The van der Waals surface area contributed by atoms with Crippen LogP contribution in [0.4, 0.5) is 0 Å². The Balaban J connectivity index is 1.77. The molecular weight excluding hydrogens is 270 g/mol. The van der Waals surface area contributed by atoms with Crippen molar-refractivity contribution in [2.24, 2.45) is 0 Å². The van der Waals surface area contributed by atoms with Gasteiger partial charge in [0.05, 0.1) is 17.6 Å². The maximum Gasteiger partial charge on any atom is 0.125 e. The van der Waals surface area contributed by atoms with Crippen LogP contribution in [0.5, 0.6) is 0 Å². The van der Waals surface area contributed by atoms with E-state index in [0.29, 0.717) is 17.8 Å². The topological polar surface area (TPSA) is 30.7 Å². The Bertz CT molecular complexity index is 751. The maximum absolute atomic E-state index is 6.07. The molecule has 0 aliphatic heterocycles. The number of hydrogen-bond acceptors (Lipinski definition) is 2. The molecule has 0 bridgehead atoms. The summed E-state index contributed by atoms with van der Waals surface area (Å²) >= 11 is 6.07. The first kappa shape index (κ1) is 11.9. The molecule has 1 saturated carbocycles. The highest BCUT2D eigenvalue weighted by Gasteiger charge is 2.41. The van der Waals surface area contributed by atoms with Crippen LogP contribution in [0.3, 0.4) is 0 Å². The minimum atomic E-state index is 0.437. The van der Waals surface area contributed by atoms with Gasteiger partial charge in [0.1, 0.15) is 11.3 Å². The number of aromatic nitrogens is 3. The average Bonchev–Trinajstić information content (AvgIpc) is 3.21. The van der Waals surface area contributed by atoms with Crippen molar-refractivity contribution in [3.8, 4) is 0 Å². The molecule has 2 unspecified atom stereocenters. The first-order chi connectivity index (χ1) is 9.88. The van der Waals surface area contributed by atoms with Gasteiger partial charge in [0.2, 0.25) is 0 Å². The van der Waals surface area contributed by atoms with Crippen LogP contribution in [0, 0.1) is 0 Å². The van der Waals surface area contributed by atoms with Crippen molar-refractivity contribution >= 4 is 22.6 Å². The van der Waals surface area contributed by atoms with Crippen LogP contribution < -0.4 is 0 Å². The van der Waals surface area contributed by atoms with Gasteiger partial charge in [-0.3, -0.25) is 4.98 Å². The van der Waals surface area contributed by atoms with Crippen LogP contribution in [-0.2, 0) is 5.88 Å². The van der Waals surface area contributed by atoms with Gasteiger partial charge in [-0.1, -0.05) is 30.3 Å². The van der Waals surface area contributed by atoms with Gasteiger partial charge in [0, 0.05) is 18.2 Å². The number of rotatable bonds is 3. The fourth-order valence-electron chi connectivity index (χ4n) is 2.99. The molecule has 3 aromatic rings. The lowest BCUT2D eigenvalue weighted by atomic mass is 10.1. The predicted molar refractivity (Wildman–Crippen MR) is 79.9 cm³/mol. The molecule has 0 saturated heterocycles. The number of alkyl halides is 1. The van der Waals surface area contributed by atoms with Crippen LogP contribution in [-0.4, -0.2) is 14.5 Å². The fourth-order valence-corrected chi connectivity index (χ4v) is 3.18. The summed E-state index contributed by atoms with van der Waals surface area (Å²) in [5, 5.41) is 0. The van der Waals surface area contributed by atoms with Gasteiger partial charge in [-0.05, 0) is 18.1 Å². The molecule has 0 N–H and O–H groups in total. The normalized spacial score (nSPS) is 21.2. The Morgan fingerprint density at radius 3 is 2.85 bits per heavy atom. The lowest BCUT2D eigenvalue weighted by Gasteiger charge is -2.07. The van der Waals surface area contributed by atoms with Gasteiger partial charge in [0.25, 0.3) is 0 Å². The molecule has 2 aromatic heterocycles. The summed E-state index contributed by atoms with van der Waals surface area (Å²) in [4.78, 5) is 8.73. The van der Waals surface area contributed by atoms with Crippen molar-refractivity contribution in [3.63, 3.8) is 0 Å². The Labute approximate surface area is 122 Å². The average molecular weight is 284 g/mol. The van der Waals surface area contributed by atoms with Crippen molar-refractivity contribution in [1.29, 1.82) is 0 Å². The third-order valence-electron chi connectivity index (χ3n) is 4.00. The van der Waals surface area contributed by atoms with E-state index in [4.69, 9.17) is 11.6 Å². The molecule has 0 spiro atoms. The Kier molecular flexibility index (Phi) is 2.74. The van der Waals surface area contributed by atoms with Crippen molar-refractivity contribution in [1.82, 2.24) is 14.5 Å². The van der Waals surface area contributed by atoms with Crippen LogP contribution in [0.15, 0.2) is 48.8 Å². The second-order valence-electron chi connectivity index (χ2n) is 5.22. The zero-order chi connectivity index (χ0) is 13.5. The summed E-state index contributed by atoms with van der Waals surface area (Å²) in [5.74, 6) is 1.95. The van der Waals surface area contributed by atoms with Crippen LogP contribution in [0.2, 0.25) is 0 Å². The van der Waals surface area contributed by atoms with Gasteiger partial charge >= 0.3 is 0 Å². The second-order valence-corrected chi connectivity index (χ2v) is 5.48. The molecule has 1 aromatic carbocycles. The zero-order valence-corrected chi connectivity index (χ0v) is 11.7. The minimum absolute atomic E-state index is 0.437. The maximum atomic E-state index is 6.07. The largest absolute Gasteiger partial charge is 0.323 e. The summed E-state index contributed by atoms with van der Waals surface area (Å²) < 4.78 is 2.29. The van der Waals surface area contributed by atoms with Gasteiger partial charge in [0.15, 0.2) is 0 Å². The lowest BCUT2D eigenvalue weighted by Crippen LogP contribution is -2.01. The predicted octanol–water partition coefficient (Wildman–Crippen LogP) is 3.90. The molecule has 20 heavy (non-hydrogen) atoms. The van der Waals surface area contributed by atoms with Crippen LogP contribution in [0.1, 0.15) is 29.8 Å². The van der Waals surface area contributed by atoms with E-state index in [0.717, 1.165) is 23.3 Å². The van der Waals surface area contributed by atoms with E-state index in [2.05, 4.69) is 44.9 Å². The molecule has 1 fully saturated rings. The summed E-state index contributed by atoms with van der Waals surface area (Å²) in [5.41, 5.74) is 3.47. The summed E-state index contributed by atoms with van der Waals surface area (Å²) in [6, 6.07) is 13.2. The van der Waals surface area contributed by atoms with Gasteiger partial charge in [-0.2, -0.15) is 0 Å². The third kappa shape index (κ3) is 1.81. The van der Waals surface area contributed by atoms with Gasteiger partial charge in [-0.25, -0.2) is 4.98 Å². The molecule has 3 nitrogen and oxygen atoms in total. The molecule has 0 radical (unpaired) electrons. The first-order valence-electron chi connectivity index (χ1n) is 6.80. The molecule has 1 aliphatic rings. The van der Waals surface area contributed by atoms with E-state index >= 15 is 0 Å². The first-order valence-corrected chi connectivity index (χ1v) is 7.33. The molecular formula is C16H14ClN3. The molecule has 1 aliphatic carbocycles. The highest BCUT2D eigenvalue weighted by Crippen LogP contribution is 2.52. The Hall–Kier alpha value is -1.87. The molecule has 0 amide bonds. The van der Waals surface area contributed by atoms with Crippen molar-refractivity contribution < 1.29 is 0 Å². The highest BCUT2D eigenvalue weighted by atomic mass is 35.5. The number of imidazole rings is 1. The number of fused-ring (bicyclic) bond motifs is 1. The molecule has 2 heterocycles. The van der Waals surface area contributed by atoms with E-state index < -0.39 is 0 Å². The van der Waals surface area contributed by atoms with E-state index in [-0.39, 0.29) is 0 Å². The van der Waals surface area contributed by atoms with Crippen molar-refractivity contribution in [2.75, 3.05) is 0 Å². The van der Waals surface area contributed by atoms with Crippen molar-refractivity contribution in [3.05, 3.63) is 60.2 Å². The Morgan fingerprint density at radius 2 is 2.05 bits per heavy atom. The Morgan fingerprint density at radius 1 is 1.20 bits per heavy atom. The zero-order valence-electron chi connectivity index (χ0n) is 10.9. The summed E-state index contributed by atoms with van der Waals surface area (Å²) in [7, 11) is 0. The number of pyridine rings is 1. The molecule has 4 heteroatoms. The standard InChI is InChI=1S/C16H14ClN3/c17-9-16-19-13-10-18-7-6-14(13)20(16)15-8-12(15)11-4-2-1-3-5-11/h1-7,10,12,15H,8-9H2. The smallest absolute Gasteiger partial charge is 0.125 e. The monoisotopic (exact) mass is 283 g/mol. The van der Waals surface area contributed by atoms with Gasteiger partial charge < -0.3 is 4.57 Å². The lowest BCUT2D eigenvalue weighted by molar-refractivity contribution is 0.706. The number of hydrogen-bond donors (Lipinski definition) is 0. The second kappa shape index (κ2) is 4.60. The van der Waals surface area contributed by atoms with Gasteiger partial charge in [-0.15, -0.1) is 11.6 Å². The van der Waals surface area contributed by atoms with E-state index in [1.807, 2.05) is 18.5 Å². The van der Waals surface area contributed by atoms with E-state index in [1.54, 1.807) is 0 Å². The molecule has 100 valence electrons. The van der Waals surface area contributed by atoms with Crippen molar-refractivity contribution in [2.45, 2.75) is 24.3 Å². The quantitative estimate of drug-likeness (QED) is 0.683. The van der Waals surface area contributed by atoms with E-state index in [1.165, 1.54) is 5.56 Å². The number of halogens is 1. The number of benzene rings is 1. The summed E-state index contributed by atoms with van der Waals surface area (Å²) in [6.45, 7) is 0. The third-order valence-corrected chi connectivity index (χ3v) is 4.24. The molecule has 4 rings (SSSR count). The SMILES string of the molecule is ClCc1nc2cnccc2n1C1CC1c1ccccc1. The van der Waals surface area contributed by atoms with Crippen LogP contribution >= 0.6 is 11.6 Å².